The van der Waals surface area contributed by atoms with Crippen LogP contribution in [0.3, 0.4) is 0 Å². The summed E-state index contributed by atoms with van der Waals surface area (Å²) in [4.78, 5) is 0. The third-order valence-corrected chi connectivity index (χ3v) is 3.84. The molecule has 0 fully saturated rings. The topological polar surface area (TPSA) is 42.2 Å². The highest BCUT2D eigenvalue weighted by Crippen LogP contribution is 2.35. The van der Waals surface area contributed by atoms with Crippen LogP contribution in [0.15, 0.2) is 18.2 Å². The summed E-state index contributed by atoms with van der Waals surface area (Å²) in [5.74, 6) is 1.36. The minimum absolute atomic E-state index is 0.468. The van der Waals surface area contributed by atoms with Gasteiger partial charge in [0.15, 0.2) is 11.5 Å². The Bertz CT molecular complexity index is 442. The molecule has 1 atom stereocenters. The average molecular weight is 359 g/mol. The van der Waals surface area contributed by atoms with Crippen LogP contribution >= 0.6 is 22.6 Å². The lowest BCUT2D eigenvalue weighted by atomic mass is 9.80. The molecule has 0 saturated heterocycles. The highest BCUT2D eigenvalue weighted by molar-refractivity contribution is 14.1. The maximum Gasteiger partial charge on any atom is 0.161 e. The lowest BCUT2D eigenvalue weighted by molar-refractivity contribution is 0.353. The predicted octanol–water partition coefficient (Wildman–Crippen LogP) is 3.70. The Balaban J connectivity index is 3.11. The van der Waals surface area contributed by atoms with Crippen molar-refractivity contribution in [2.75, 3.05) is 18.6 Å². The molecule has 18 heavy (non-hydrogen) atoms. The van der Waals surface area contributed by atoms with Crippen LogP contribution < -0.4 is 9.47 Å². The highest BCUT2D eigenvalue weighted by atomic mass is 127. The zero-order valence-electron chi connectivity index (χ0n) is 11.0. The Labute approximate surface area is 122 Å². The van der Waals surface area contributed by atoms with Crippen LogP contribution in [-0.2, 0) is 5.41 Å². The average Bonchev–Trinajstić information content (AvgIpc) is 2.43. The number of alkyl halides is 1. The third-order valence-electron chi connectivity index (χ3n) is 3.08. The molecule has 0 radical (unpaired) electrons. The molecule has 98 valence electrons. The minimum Gasteiger partial charge on any atom is -0.493 e. The van der Waals surface area contributed by atoms with Crippen LogP contribution in [0.5, 0.6) is 11.5 Å². The zero-order valence-corrected chi connectivity index (χ0v) is 13.2. The molecule has 1 aromatic rings. The summed E-state index contributed by atoms with van der Waals surface area (Å²) in [6.45, 7) is 1.97. The maximum atomic E-state index is 9.43. The molecule has 3 nitrogen and oxygen atoms in total. The van der Waals surface area contributed by atoms with Gasteiger partial charge in [0.05, 0.1) is 25.7 Å². The summed E-state index contributed by atoms with van der Waals surface area (Å²) < 4.78 is 11.6. The normalized spacial score (nSPS) is 13.5. The second-order valence-electron chi connectivity index (χ2n) is 4.31. The van der Waals surface area contributed by atoms with Gasteiger partial charge >= 0.3 is 0 Å². The summed E-state index contributed by atoms with van der Waals surface area (Å²) >= 11 is 2.33. The van der Waals surface area contributed by atoms with Gasteiger partial charge < -0.3 is 9.47 Å². The molecule has 0 aliphatic carbocycles. The first-order valence-electron chi connectivity index (χ1n) is 5.81. The molecular formula is C14H18INO2. The van der Waals surface area contributed by atoms with E-state index in [1.54, 1.807) is 14.2 Å². The summed E-state index contributed by atoms with van der Waals surface area (Å²) in [6.07, 6.45) is 1.88. The number of ether oxygens (including phenoxy) is 2. The van der Waals surface area contributed by atoms with Crippen LogP contribution in [0.25, 0.3) is 0 Å². The Hall–Kier alpha value is -0.960. The van der Waals surface area contributed by atoms with E-state index in [0.717, 1.165) is 22.8 Å². The molecule has 1 unspecified atom stereocenters. The largest absolute Gasteiger partial charge is 0.493 e. The van der Waals surface area contributed by atoms with Crippen molar-refractivity contribution in [3.05, 3.63) is 23.8 Å². The van der Waals surface area contributed by atoms with Gasteiger partial charge in [0.1, 0.15) is 0 Å². The Morgan fingerprint density at radius 1 is 1.28 bits per heavy atom. The summed E-state index contributed by atoms with van der Waals surface area (Å²) in [5.41, 5.74) is 0.512. The number of methoxy groups -OCH3 is 2. The fraction of sp³-hybridized carbons (Fsp3) is 0.500. The van der Waals surface area contributed by atoms with E-state index in [4.69, 9.17) is 9.47 Å². The van der Waals surface area contributed by atoms with Crippen LogP contribution in [0.4, 0.5) is 0 Å². The molecule has 0 amide bonds. The van der Waals surface area contributed by atoms with E-state index in [2.05, 4.69) is 28.7 Å². The van der Waals surface area contributed by atoms with Gasteiger partial charge in [-0.15, -0.1) is 0 Å². The van der Waals surface area contributed by atoms with Crippen molar-refractivity contribution in [1.29, 1.82) is 5.26 Å². The van der Waals surface area contributed by atoms with Gasteiger partial charge in [0, 0.05) is 0 Å². The van der Waals surface area contributed by atoms with Crippen molar-refractivity contribution < 1.29 is 9.47 Å². The van der Waals surface area contributed by atoms with Gasteiger partial charge in [-0.3, -0.25) is 0 Å². The Kier molecular flexibility index (Phi) is 5.73. The van der Waals surface area contributed by atoms with Gasteiger partial charge in [-0.2, -0.15) is 5.26 Å². The molecule has 0 aromatic heterocycles. The van der Waals surface area contributed by atoms with E-state index in [0.29, 0.717) is 11.5 Å². The number of hydrogen-bond acceptors (Lipinski definition) is 3. The lowest BCUT2D eigenvalue weighted by Crippen LogP contribution is -2.19. The molecule has 0 aliphatic heterocycles. The number of nitriles is 1. The van der Waals surface area contributed by atoms with Crippen molar-refractivity contribution in [2.24, 2.45) is 0 Å². The number of rotatable bonds is 6. The molecular weight excluding hydrogens is 341 g/mol. The van der Waals surface area contributed by atoms with E-state index in [1.807, 2.05) is 25.1 Å². The van der Waals surface area contributed by atoms with Crippen LogP contribution in [0, 0.1) is 11.3 Å². The van der Waals surface area contributed by atoms with Crippen LogP contribution in [0.1, 0.15) is 25.3 Å². The quantitative estimate of drug-likeness (QED) is 0.575. The van der Waals surface area contributed by atoms with Gasteiger partial charge in [-0.1, -0.05) is 28.7 Å². The van der Waals surface area contributed by atoms with Crippen molar-refractivity contribution >= 4 is 22.6 Å². The first-order valence-corrected chi connectivity index (χ1v) is 7.33. The SMILES string of the molecule is COc1ccc(C(C)(C#N)CCCI)cc1OC. The molecule has 1 rings (SSSR count). The number of hydrogen-bond donors (Lipinski definition) is 0. The molecule has 0 heterocycles. The lowest BCUT2D eigenvalue weighted by Gasteiger charge is -2.22. The molecule has 1 aromatic carbocycles. The standard InChI is InChI=1S/C14H18INO2/c1-14(10-16,7-4-8-15)11-5-6-12(17-2)13(9-11)18-3/h5-6,9H,4,7-8H2,1-3H3. The third kappa shape index (κ3) is 3.29. The molecule has 0 N–H and O–H groups in total. The van der Waals surface area contributed by atoms with Gasteiger partial charge in [-0.05, 0) is 41.9 Å². The maximum absolute atomic E-state index is 9.43. The number of nitrogens with zero attached hydrogens (tertiary/aromatic N) is 1. The van der Waals surface area contributed by atoms with Gasteiger partial charge in [0.25, 0.3) is 0 Å². The fourth-order valence-electron chi connectivity index (χ4n) is 1.86. The van der Waals surface area contributed by atoms with Crippen LogP contribution in [0.2, 0.25) is 0 Å². The summed E-state index contributed by atoms with van der Waals surface area (Å²) in [5, 5.41) is 9.43. The molecule has 4 heteroatoms. The minimum atomic E-state index is -0.468. The predicted molar refractivity (Wildman–Crippen MR) is 80.6 cm³/mol. The number of halogens is 1. The first-order chi connectivity index (χ1) is 8.61. The van der Waals surface area contributed by atoms with E-state index >= 15 is 0 Å². The molecule has 0 spiro atoms. The molecule has 0 aliphatic rings. The van der Waals surface area contributed by atoms with Crippen molar-refractivity contribution in [3.8, 4) is 17.6 Å². The Morgan fingerprint density at radius 3 is 2.44 bits per heavy atom. The van der Waals surface area contributed by atoms with Gasteiger partial charge in [0.2, 0.25) is 0 Å². The van der Waals surface area contributed by atoms with E-state index < -0.39 is 5.41 Å². The highest BCUT2D eigenvalue weighted by Gasteiger charge is 2.26. The Morgan fingerprint density at radius 2 is 1.94 bits per heavy atom. The van der Waals surface area contributed by atoms with E-state index in [1.165, 1.54) is 0 Å². The van der Waals surface area contributed by atoms with E-state index in [-0.39, 0.29) is 0 Å². The van der Waals surface area contributed by atoms with Crippen molar-refractivity contribution in [3.63, 3.8) is 0 Å². The van der Waals surface area contributed by atoms with Gasteiger partial charge in [-0.25, -0.2) is 0 Å². The van der Waals surface area contributed by atoms with Crippen LogP contribution in [-0.4, -0.2) is 18.6 Å². The van der Waals surface area contributed by atoms with Crippen molar-refractivity contribution in [1.82, 2.24) is 0 Å². The summed E-state index contributed by atoms with van der Waals surface area (Å²) in [6, 6.07) is 8.11. The second kappa shape index (κ2) is 6.83. The summed E-state index contributed by atoms with van der Waals surface area (Å²) in [7, 11) is 3.22. The second-order valence-corrected chi connectivity index (χ2v) is 5.38. The van der Waals surface area contributed by atoms with E-state index in [9.17, 15) is 5.26 Å². The zero-order chi connectivity index (χ0) is 13.6. The monoisotopic (exact) mass is 359 g/mol. The number of benzene rings is 1. The molecule has 0 saturated carbocycles. The fourth-order valence-corrected chi connectivity index (χ4v) is 2.25. The smallest absolute Gasteiger partial charge is 0.161 e. The first kappa shape index (κ1) is 15.1. The van der Waals surface area contributed by atoms with Crippen molar-refractivity contribution in [2.45, 2.75) is 25.2 Å². The molecule has 0 bridgehead atoms.